The van der Waals surface area contributed by atoms with Gasteiger partial charge in [-0.2, -0.15) is 0 Å². The second-order valence-corrected chi connectivity index (χ2v) is 7.32. The molecule has 5 heteroatoms. The standard InChI is InChI=1S/C15H18BrFN2S/c1-10(18)15(12-4-3-5-13(17)7-12)19(2)8-11-6-14(16)20-9-11/h3-7,9-10,15H,8,18H2,1-2H3. The van der Waals surface area contributed by atoms with E-state index in [2.05, 4.69) is 32.3 Å². The fraction of sp³-hybridized carbons (Fsp3) is 0.333. The second kappa shape index (κ2) is 6.80. The van der Waals surface area contributed by atoms with E-state index in [1.165, 1.54) is 11.6 Å². The topological polar surface area (TPSA) is 29.3 Å². The molecule has 2 nitrogen and oxygen atoms in total. The van der Waals surface area contributed by atoms with Gasteiger partial charge in [0.2, 0.25) is 0 Å². The van der Waals surface area contributed by atoms with Crippen LogP contribution >= 0.6 is 27.3 Å². The molecule has 0 spiro atoms. The van der Waals surface area contributed by atoms with Crippen LogP contribution in [0.1, 0.15) is 24.1 Å². The van der Waals surface area contributed by atoms with Crippen molar-refractivity contribution in [1.82, 2.24) is 4.90 Å². The van der Waals surface area contributed by atoms with Crippen LogP contribution in [0.3, 0.4) is 0 Å². The molecule has 2 unspecified atom stereocenters. The van der Waals surface area contributed by atoms with E-state index >= 15 is 0 Å². The Balaban J connectivity index is 2.20. The third kappa shape index (κ3) is 3.88. The van der Waals surface area contributed by atoms with Crippen LogP contribution in [0.5, 0.6) is 0 Å². The Labute approximate surface area is 131 Å². The molecule has 1 aromatic carbocycles. The van der Waals surface area contributed by atoms with Crippen LogP contribution in [-0.4, -0.2) is 18.0 Å². The number of hydrogen-bond donors (Lipinski definition) is 1. The molecule has 2 aromatic rings. The molecule has 0 saturated heterocycles. The Kier molecular flexibility index (Phi) is 5.32. The van der Waals surface area contributed by atoms with E-state index in [-0.39, 0.29) is 17.9 Å². The third-order valence-electron chi connectivity index (χ3n) is 3.22. The van der Waals surface area contributed by atoms with Gasteiger partial charge in [-0.1, -0.05) is 12.1 Å². The molecular weight excluding hydrogens is 339 g/mol. The highest BCUT2D eigenvalue weighted by atomic mass is 79.9. The van der Waals surface area contributed by atoms with Crippen molar-refractivity contribution in [2.75, 3.05) is 7.05 Å². The molecule has 2 atom stereocenters. The molecule has 0 saturated carbocycles. The van der Waals surface area contributed by atoms with E-state index in [0.717, 1.165) is 15.9 Å². The molecule has 108 valence electrons. The summed E-state index contributed by atoms with van der Waals surface area (Å²) in [5, 5.41) is 2.12. The second-order valence-electron chi connectivity index (χ2n) is 5.03. The molecule has 0 amide bonds. The molecule has 0 aliphatic carbocycles. The molecule has 0 fully saturated rings. The average Bonchev–Trinajstić information content (AvgIpc) is 2.74. The normalized spacial score (nSPS) is 14.5. The number of hydrogen-bond acceptors (Lipinski definition) is 3. The zero-order valence-electron chi connectivity index (χ0n) is 11.5. The number of thiophene rings is 1. The SMILES string of the molecule is CC(N)C(c1cccc(F)c1)N(C)Cc1csc(Br)c1. The van der Waals surface area contributed by atoms with Crippen molar-refractivity contribution in [2.45, 2.75) is 25.6 Å². The molecule has 1 heterocycles. The van der Waals surface area contributed by atoms with E-state index in [9.17, 15) is 4.39 Å². The quantitative estimate of drug-likeness (QED) is 0.870. The fourth-order valence-corrected chi connectivity index (χ4v) is 3.67. The molecule has 20 heavy (non-hydrogen) atoms. The predicted octanol–water partition coefficient (Wildman–Crippen LogP) is 4.17. The minimum atomic E-state index is -0.222. The minimum absolute atomic E-state index is 0.00984. The lowest BCUT2D eigenvalue weighted by Crippen LogP contribution is -2.36. The van der Waals surface area contributed by atoms with Crippen molar-refractivity contribution in [3.05, 3.63) is 56.4 Å². The first kappa shape index (κ1) is 15.6. The van der Waals surface area contributed by atoms with Crippen LogP contribution < -0.4 is 5.73 Å². The molecule has 1 aromatic heterocycles. The van der Waals surface area contributed by atoms with E-state index in [1.807, 2.05) is 20.0 Å². The van der Waals surface area contributed by atoms with Crippen LogP contribution in [0, 0.1) is 5.82 Å². The van der Waals surface area contributed by atoms with E-state index in [0.29, 0.717) is 0 Å². The summed E-state index contributed by atoms with van der Waals surface area (Å²) in [4.78, 5) is 2.16. The summed E-state index contributed by atoms with van der Waals surface area (Å²) in [5.41, 5.74) is 8.25. The highest BCUT2D eigenvalue weighted by molar-refractivity contribution is 9.11. The van der Waals surface area contributed by atoms with Gasteiger partial charge in [0, 0.05) is 18.6 Å². The van der Waals surface area contributed by atoms with Crippen molar-refractivity contribution < 1.29 is 4.39 Å². The molecule has 0 radical (unpaired) electrons. The summed E-state index contributed by atoms with van der Waals surface area (Å²) in [7, 11) is 2.02. The third-order valence-corrected chi connectivity index (χ3v) is 4.77. The lowest BCUT2D eigenvalue weighted by atomic mass is 9.99. The van der Waals surface area contributed by atoms with Gasteiger partial charge in [-0.05, 0) is 64.6 Å². The van der Waals surface area contributed by atoms with Crippen molar-refractivity contribution in [2.24, 2.45) is 5.73 Å². The first-order valence-corrected chi connectivity index (χ1v) is 8.09. The first-order valence-electron chi connectivity index (χ1n) is 6.41. The number of likely N-dealkylation sites (N-methyl/N-ethyl adjacent to an activating group) is 1. The van der Waals surface area contributed by atoms with Gasteiger partial charge in [-0.15, -0.1) is 11.3 Å². The maximum Gasteiger partial charge on any atom is 0.123 e. The van der Waals surface area contributed by atoms with Gasteiger partial charge < -0.3 is 5.73 Å². The van der Waals surface area contributed by atoms with E-state index in [1.54, 1.807) is 23.5 Å². The Morgan fingerprint density at radius 1 is 1.40 bits per heavy atom. The summed E-state index contributed by atoms with van der Waals surface area (Å²) >= 11 is 5.13. The molecule has 2 rings (SSSR count). The van der Waals surface area contributed by atoms with Gasteiger partial charge in [-0.25, -0.2) is 4.39 Å². The molecule has 0 aliphatic heterocycles. The van der Waals surface area contributed by atoms with Crippen molar-refractivity contribution in [3.8, 4) is 0 Å². The van der Waals surface area contributed by atoms with Crippen LogP contribution in [0.4, 0.5) is 4.39 Å². The fourth-order valence-electron chi connectivity index (χ4n) is 2.47. The molecular formula is C15H18BrFN2S. The minimum Gasteiger partial charge on any atom is -0.326 e. The van der Waals surface area contributed by atoms with Crippen LogP contribution in [0.25, 0.3) is 0 Å². The van der Waals surface area contributed by atoms with Crippen LogP contribution in [0.2, 0.25) is 0 Å². The summed E-state index contributed by atoms with van der Waals surface area (Å²) in [5.74, 6) is -0.222. The van der Waals surface area contributed by atoms with Crippen molar-refractivity contribution in [1.29, 1.82) is 0 Å². The molecule has 2 N–H and O–H groups in total. The van der Waals surface area contributed by atoms with Gasteiger partial charge in [-0.3, -0.25) is 4.90 Å². The van der Waals surface area contributed by atoms with Crippen molar-refractivity contribution in [3.63, 3.8) is 0 Å². The maximum atomic E-state index is 13.4. The first-order chi connectivity index (χ1) is 9.47. The maximum absolute atomic E-state index is 13.4. The number of halogens is 2. The van der Waals surface area contributed by atoms with Gasteiger partial charge in [0.25, 0.3) is 0 Å². The Morgan fingerprint density at radius 3 is 2.70 bits per heavy atom. The molecule has 0 bridgehead atoms. The Hall–Kier alpha value is -0.750. The summed E-state index contributed by atoms with van der Waals surface area (Å²) in [6.45, 7) is 2.74. The summed E-state index contributed by atoms with van der Waals surface area (Å²) < 4.78 is 14.5. The number of benzene rings is 1. The van der Waals surface area contributed by atoms with Gasteiger partial charge in [0.1, 0.15) is 5.82 Å². The predicted molar refractivity (Wildman–Crippen MR) is 86.3 cm³/mol. The lowest BCUT2D eigenvalue weighted by molar-refractivity contribution is 0.211. The van der Waals surface area contributed by atoms with Gasteiger partial charge in [0.05, 0.1) is 3.79 Å². The zero-order chi connectivity index (χ0) is 14.7. The summed E-state index contributed by atoms with van der Waals surface area (Å²) in [6, 6.07) is 8.69. The van der Waals surface area contributed by atoms with Crippen LogP contribution in [0.15, 0.2) is 39.5 Å². The smallest absolute Gasteiger partial charge is 0.123 e. The lowest BCUT2D eigenvalue weighted by Gasteiger charge is -2.31. The van der Waals surface area contributed by atoms with E-state index < -0.39 is 0 Å². The summed E-state index contributed by atoms with van der Waals surface area (Å²) in [6.07, 6.45) is 0. The highest BCUT2D eigenvalue weighted by Crippen LogP contribution is 2.27. The van der Waals surface area contributed by atoms with Crippen molar-refractivity contribution >= 4 is 27.3 Å². The zero-order valence-corrected chi connectivity index (χ0v) is 13.9. The monoisotopic (exact) mass is 356 g/mol. The highest BCUT2D eigenvalue weighted by Gasteiger charge is 2.22. The van der Waals surface area contributed by atoms with Gasteiger partial charge in [0.15, 0.2) is 0 Å². The Morgan fingerprint density at radius 2 is 2.15 bits per heavy atom. The Bertz CT molecular complexity index is 571. The van der Waals surface area contributed by atoms with Gasteiger partial charge >= 0.3 is 0 Å². The number of nitrogens with zero attached hydrogens (tertiary/aromatic N) is 1. The number of nitrogens with two attached hydrogens (primary N) is 1. The average molecular weight is 357 g/mol. The largest absolute Gasteiger partial charge is 0.326 e. The van der Waals surface area contributed by atoms with Crippen LogP contribution in [-0.2, 0) is 6.54 Å². The molecule has 0 aliphatic rings. The van der Waals surface area contributed by atoms with E-state index in [4.69, 9.17) is 5.73 Å². The number of rotatable bonds is 5.